The van der Waals surface area contributed by atoms with E-state index in [0.717, 1.165) is 12.0 Å². The number of carbonyl (C=O) groups is 1. The van der Waals surface area contributed by atoms with Gasteiger partial charge in [-0.2, -0.15) is 0 Å². The standard InChI is InChI=1S/C11H15ClN2O2/c12-10-5-2-1-4-9(10)8-16-11(15)14-7-3-6-13/h1-2,4-5H,3,6-8,13H2,(H,14,15). The molecule has 4 nitrogen and oxygen atoms in total. The van der Waals surface area contributed by atoms with E-state index >= 15 is 0 Å². The van der Waals surface area contributed by atoms with Gasteiger partial charge in [-0.15, -0.1) is 0 Å². The van der Waals surface area contributed by atoms with E-state index < -0.39 is 6.09 Å². The quantitative estimate of drug-likeness (QED) is 0.776. The Morgan fingerprint density at radius 2 is 2.19 bits per heavy atom. The minimum atomic E-state index is -0.451. The number of amides is 1. The molecule has 0 aliphatic carbocycles. The molecule has 0 aromatic heterocycles. The molecule has 0 unspecified atom stereocenters. The molecular formula is C11H15ClN2O2. The Kier molecular flexibility index (Phi) is 5.67. The lowest BCUT2D eigenvalue weighted by atomic mass is 10.2. The monoisotopic (exact) mass is 242 g/mol. The lowest BCUT2D eigenvalue weighted by Gasteiger charge is -2.07. The van der Waals surface area contributed by atoms with Crippen molar-refractivity contribution in [2.24, 2.45) is 5.73 Å². The van der Waals surface area contributed by atoms with E-state index in [-0.39, 0.29) is 6.61 Å². The van der Waals surface area contributed by atoms with Crippen molar-refractivity contribution in [1.82, 2.24) is 5.32 Å². The van der Waals surface area contributed by atoms with Crippen LogP contribution in [0.25, 0.3) is 0 Å². The molecule has 88 valence electrons. The highest BCUT2D eigenvalue weighted by Gasteiger charge is 2.03. The van der Waals surface area contributed by atoms with Crippen molar-refractivity contribution >= 4 is 17.7 Å². The van der Waals surface area contributed by atoms with Crippen LogP contribution in [0, 0.1) is 0 Å². The maximum atomic E-state index is 11.2. The zero-order valence-corrected chi connectivity index (χ0v) is 9.67. The Balaban J connectivity index is 2.29. The fourth-order valence-corrected chi connectivity index (χ4v) is 1.29. The predicted octanol–water partition coefficient (Wildman–Crippen LogP) is 1.91. The van der Waals surface area contributed by atoms with Crippen LogP contribution >= 0.6 is 11.6 Å². The number of hydrogen-bond acceptors (Lipinski definition) is 3. The Morgan fingerprint density at radius 1 is 1.44 bits per heavy atom. The number of nitrogens with one attached hydrogen (secondary N) is 1. The molecular weight excluding hydrogens is 228 g/mol. The maximum Gasteiger partial charge on any atom is 0.407 e. The van der Waals surface area contributed by atoms with Crippen LogP contribution in [0.3, 0.4) is 0 Å². The van der Waals surface area contributed by atoms with Crippen LogP contribution in [-0.4, -0.2) is 19.2 Å². The van der Waals surface area contributed by atoms with Crippen LogP contribution in [0.4, 0.5) is 4.79 Å². The molecule has 0 fully saturated rings. The lowest BCUT2D eigenvalue weighted by Crippen LogP contribution is -2.26. The van der Waals surface area contributed by atoms with Gasteiger partial charge >= 0.3 is 6.09 Å². The lowest BCUT2D eigenvalue weighted by molar-refractivity contribution is 0.139. The maximum absolute atomic E-state index is 11.2. The van der Waals surface area contributed by atoms with Crippen LogP contribution in [0.5, 0.6) is 0 Å². The van der Waals surface area contributed by atoms with Crippen molar-refractivity contribution in [3.05, 3.63) is 34.9 Å². The number of rotatable bonds is 5. The van der Waals surface area contributed by atoms with E-state index in [9.17, 15) is 4.79 Å². The first-order chi connectivity index (χ1) is 7.74. The van der Waals surface area contributed by atoms with E-state index in [4.69, 9.17) is 22.1 Å². The summed E-state index contributed by atoms with van der Waals surface area (Å²) in [4.78, 5) is 11.2. The molecule has 0 spiro atoms. The van der Waals surface area contributed by atoms with E-state index in [1.807, 2.05) is 18.2 Å². The Bertz CT molecular complexity index is 345. The molecule has 0 saturated carbocycles. The van der Waals surface area contributed by atoms with Gasteiger partial charge in [-0.1, -0.05) is 29.8 Å². The van der Waals surface area contributed by atoms with E-state index in [2.05, 4.69) is 5.32 Å². The normalized spacial score (nSPS) is 9.88. The zero-order valence-electron chi connectivity index (χ0n) is 8.91. The number of carbonyl (C=O) groups excluding carboxylic acids is 1. The van der Waals surface area contributed by atoms with E-state index in [1.165, 1.54) is 0 Å². The minimum absolute atomic E-state index is 0.175. The third-order valence-corrected chi connectivity index (χ3v) is 2.34. The van der Waals surface area contributed by atoms with Crippen LogP contribution in [0.2, 0.25) is 5.02 Å². The number of benzene rings is 1. The Hall–Kier alpha value is -1.26. The fraction of sp³-hybridized carbons (Fsp3) is 0.364. The number of halogens is 1. The molecule has 0 heterocycles. The molecule has 0 aliphatic rings. The summed E-state index contributed by atoms with van der Waals surface area (Å²) in [6.07, 6.45) is 0.287. The van der Waals surface area contributed by atoms with Gasteiger partial charge in [0.05, 0.1) is 0 Å². The second-order valence-corrected chi connectivity index (χ2v) is 3.64. The molecule has 0 saturated heterocycles. The summed E-state index contributed by atoms with van der Waals surface area (Å²) in [7, 11) is 0. The highest BCUT2D eigenvalue weighted by molar-refractivity contribution is 6.31. The summed E-state index contributed by atoms with van der Waals surface area (Å²) in [5.41, 5.74) is 6.08. The van der Waals surface area contributed by atoms with Crippen LogP contribution in [-0.2, 0) is 11.3 Å². The van der Waals surface area contributed by atoms with Gasteiger partial charge in [0.25, 0.3) is 0 Å². The summed E-state index contributed by atoms with van der Waals surface area (Å²) in [5.74, 6) is 0. The molecule has 0 radical (unpaired) electrons. The molecule has 16 heavy (non-hydrogen) atoms. The van der Waals surface area contributed by atoms with E-state index in [0.29, 0.717) is 18.1 Å². The van der Waals surface area contributed by atoms with Gasteiger partial charge in [-0.05, 0) is 19.0 Å². The summed E-state index contributed by atoms with van der Waals surface area (Å²) in [6, 6.07) is 7.24. The third kappa shape index (κ3) is 4.51. The van der Waals surface area contributed by atoms with Crippen molar-refractivity contribution in [2.45, 2.75) is 13.0 Å². The van der Waals surface area contributed by atoms with Gasteiger partial charge in [0.1, 0.15) is 6.61 Å². The van der Waals surface area contributed by atoms with Gasteiger partial charge in [0.2, 0.25) is 0 Å². The average Bonchev–Trinajstić information content (AvgIpc) is 2.28. The smallest absolute Gasteiger partial charge is 0.407 e. The molecule has 1 amide bonds. The summed E-state index contributed by atoms with van der Waals surface area (Å²) >= 11 is 5.91. The fourth-order valence-electron chi connectivity index (χ4n) is 1.10. The first kappa shape index (κ1) is 12.8. The van der Waals surface area contributed by atoms with Crippen molar-refractivity contribution in [2.75, 3.05) is 13.1 Å². The van der Waals surface area contributed by atoms with Gasteiger partial charge in [0.15, 0.2) is 0 Å². The number of alkyl carbamates (subject to hydrolysis) is 1. The van der Waals surface area contributed by atoms with Gasteiger partial charge < -0.3 is 15.8 Å². The molecule has 1 aromatic rings. The Morgan fingerprint density at radius 3 is 2.88 bits per heavy atom. The number of hydrogen-bond donors (Lipinski definition) is 2. The number of nitrogens with two attached hydrogens (primary N) is 1. The summed E-state index contributed by atoms with van der Waals surface area (Å²) in [6.45, 7) is 1.25. The topological polar surface area (TPSA) is 64.3 Å². The molecule has 5 heteroatoms. The van der Waals surface area contributed by atoms with Crippen LogP contribution < -0.4 is 11.1 Å². The molecule has 0 bridgehead atoms. The molecule has 1 aromatic carbocycles. The second-order valence-electron chi connectivity index (χ2n) is 3.24. The molecule has 0 aliphatic heterocycles. The van der Waals surface area contributed by atoms with Crippen molar-refractivity contribution in [3.8, 4) is 0 Å². The molecule has 0 atom stereocenters. The average molecular weight is 243 g/mol. The highest BCUT2D eigenvalue weighted by Crippen LogP contribution is 2.15. The highest BCUT2D eigenvalue weighted by atomic mass is 35.5. The van der Waals surface area contributed by atoms with Gasteiger partial charge in [0, 0.05) is 17.1 Å². The SMILES string of the molecule is NCCCNC(=O)OCc1ccccc1Cl. The molecule has 3 N–H and O–H groups in total. The van der Waals surface area contributed by atoms with Crippen molar-refractivity contribution in [3.63, 3.8) is 0 Å². The summed E-state index contributed by atoms with van der Waals surface area (Å²) < 4.78 is 4.98. The van der Waals surface area contributed by atoms with Crippen LogP contribution in [0.15, 0.2) is 24.3 Å². The van der Waals surface area contributed by atoms with Gasteiger partial charge in [-0.25, -0.2) is 4.79 Å². The van der Waals surface area contributed by atoms with Crippen molar-refractivity contribution in [1.29, 1.82) is 0 Å². The largest absolute Gasteiger partial charge is 0.445 e. The van der Waals surface area contributed by atoms with Gasteiger partial charge in [-0.3, -0.25) is 0 Å². The Labute approximate surface area is 99.7 Å². The second kappa shape index (κ2) is 7.09. The first-order valence-corrected chi connectivity index (χ1v) is 5.46. The van der Waals surface area contributed by atoms with Crippen molar-refractivity contribution < 1.29 is 9.53 Å². The summed E-state index contributed by atoms with van der Waals surface area (Å²) in [5, 5.41) is 3.18. The zero-order chi connectivity index (χ0) is 11.8. The van der Waals surface area contributed by atoms with E-state index in [1.54, 1.807) is 6.07 Å². The predicted molar refractivity (Wildman–Crippen MR) is 63.3 cm³/mol. The van der Waals surface area contributed by atoms with Crippen LogP contribution in [0.1, 0.15) is 12.0 Å². The number of ether oxygens (including phenoxy) is 1. The molecule has 1 rings (SSSR count). The minimum Gasteiger partial charge on any atom is -0.445 e. The third-order valence-electron chi connectivity index (χ3n) is 1.97. The first-order valence-electron chi connectivity index (χ1n) is 5.08.